The molecule has 2 rings (SSSR count). The van der Waals surface area contributed by atoms with Crippen molar-refractivity contribution >= 4 is 17.7 Å². The number of halogens is 1. The topological polar surface area (TPSA) is 50.2 Å². The summed E-state index contributed by atoms with van der Waals surface area (Å²) in [5.74, 6) is -0.579. The molecule has 0 amide bonds. The smallest absolute Gasteiger partial charge is 0.337 e. The molecule has 92 valence electrons. The Hall–Kier alpha value is -1.88. The molecule has 1 aromatic carbocycles. The molecule has 0 fully saturated rings. The highest BCUT2D eigenvalue weighted by Crippen LogP contribution is 2.20. The molecular formula is C13H10FNO2S. The summed E-state index contributed by atoms with van der Waals surface area (Å²) in [5, 5.41) is 9.47. The van der Waals surface area contributed by atoms with Crippen molar-refractivity contribution in [3.05, 3.63) is 59.5 Å². The Morgan fingerprint density at radius 1 is 1.22 bits per heavy atom. The van der Waals surface area contributed by atoms with Gasteiger partial charge in [0.2, 0.25) is 0 Å². The summed E-state index contributed by atoms with van der Waals surface area (Å²) in [4.78, 5) is 14.7. The van der Waals surface area contributed by atoms with E-state index in [4.69, 9.17) is 5.11 Å². The highest BCUT2D eigenvalue weighted by atomic mass is 32.2. The van der Waals surface area contributed by atoms with Crippen LogP contribution in [0, 0.1) is 5.82 Å². The Morgan fingerprint density at radius 2 is 1.94 bits per heavy atom. The van der Waals surface area contributed by atoms with Crippen molar-refractivity contribution in [1.29, 1.82) is 0 Å². The molecule has 0 aliphatic rings. The number of thioether (sulfide) groups is 1. The van der Waals surface area contributed by atoms with Gasteiger partial charge in [-0.25, -0.2) is 14.2 Å². The van der Waals surface area contributed by atoms with Gasteiger partial charge in [-0.15, -0.1) is 11.8 Å². The van der Waals surface area contributed by atoms with Gasteiger partial charge in [-0.3, -0.25) is 0 Å². The van der Waals surface area contributed by atoms with Gasteiger partial charge in [0.05, 0.1) is 10.6 Å². The summed E-state index contributed by atoms with van der Waals surface area (Å²) >= 11 is 1.47. The summed E-state index contributed by atoms with van der Waals surface area (Å²) in [6.07, 6.45) is 1.33. The Morgan fingerprint density at radius 3 is 2.50 bits per heavy atom. The first-order valence-corrected chi connectivity index (χ1v) is 6.20. The van der Waals surface area contributed by atoms with Crippen molar-refractivity contribution in [3.8, 4) is 0 Å². The Bertz CT molecular complexity index is 540. The highest BCUT2D eigenvalue weighted by Gasteiger charge is 2.03. The van der Waals surface area contributed by atoms with Crippen LogP contribution in [0.15, 0.2) is 47.6 Å². The van der Waals surface area contributed by atoms with Crippen LogP contribution in [0.25, 0.3) is 0 Å². The molecule has 0 bridgehead atoms. The van der Waals surface area contributed by atoms with Gasteiger partial charge in [0.25, 0.3) is 0 Å². The molecule has 0 aliphatic carbocycles. The van der Waals surface area contributed by atoms with Crippen LogP contribution in [-0.4, -0.2) is 16.1 Å². The summed E-state index contributed by atoms with van der Waals surface area (Å²) in [7, 11) is 0. The lowest BCUT2D eigenvalue weighted by atomic mass is 10.2. The number of aromatic nitrogens is 1. The third-order valence-corrected chi connectivity index (χ3v) is 3.30. The van der Waals surface area contributed by atoms with E-state index in [1.807, 2.05) is 0 Å². The fraction of sp³-hybridized carbons (Fsp3) is 0.0769. The molecule has 0 atom stereocenters. The van der Waals surface area contributed by atoms with Gasteiger partial charge in [0, 0.05) is 11.9 Å². The molecule has 2 aromatic rings. The van der Waals surface area contributed by atoms with E-state index in [1.165, 1.54) is 36.2 Å². The normalized spacial score (nSPS) is 10.3. The van der Waals surface area contributed by atoms with E-state index < -0.39 is 5.97 Å². The van der Waals surface area contributed by atoms with Gasteiger partial charge in [-0.2, -0.15) is 0 Å². The molecular weight excluding hydrogens is 253 g/mol. The SMILES string of the molecule is O=C(O)c1ccc(SCc2ccc(F)cc2)nc1. The maximum atomic E-state index is 12.7. The third-order valence-electron chi connectivity index (χ3n) is 2.28. The first-order valence-electron chi connectivity index (χ1n) is 5.22. The molecule has 3 nitrogen and oxygen atoms in total. The zero-order valence-electron chi connectivity index (χ0n) is 9.34. The molecule has 0 unspecified atom stereocenters. The molecule has 18 heavy (non-hydrogen) atoms. The minimum Gasteiger partial charge on any atom is -0.478 e. The number of nitrogens with zero attached hydrogens (tertiary/aromatic N) is 1. The zero-order chi connectivity index (χ0) is 13.0. The average Bonchev–Trinajstić information content (AvgIpc) is 2.38. The van der Waals surface area contributed by atoms with Crippen molar-refractivity contribution < 1.29 is 14.3 Å². The maximum Gasteiger partial charge on any atom is 0.337 e. The monoisotopic (exact) mass is 263 g/mol. The van der Waals surface area contributed by atoms with E-state index in [-0.39, 0.29) is 11.4 Å². The van der Waals surface area contributed by atoms with E-state index in [1.54, 1.807) is 18.2 Å². The molecule has 0 spiro atoms. The van der Waals surface area contributed by atoms with Crippen molar-refractivity contribution in [1.82, 2.24) is 4.98 Å². The molecule has 0 saturated heterocycles. The van der Waals surface area contributed by atoms with E-state index in [2.05, 4.69) is 4.98 Å². The number of aromatic carboxylic acids is 1. The minimum atomic E-state index is -0.988. The van der Waals surface area contributed by atoms with Gasteiger partial charge in [-0.1, -0.05) is 12.1 Å². The first kappa shape index (κ1) is 12.6. The quantitative estimate of drug-likeness (QED) is 0.860. The van der Waals surface area contributed by atoms with E-state index in [9.17, 15) is 9.18 Å². The lowest BCUT2D eigenvalue weighted by Gasteiger charge is -2.01. The van der Waals surface area contributed by atoms with Crippen LogP contribution < -0.4 is 0 Å². The van der Waals surface area contributed by atoms with Gasteiger partial charge in [0.15, 0.2) is 0 Å². The lowest BCUT2D eigenvalue weighted by Crippen LogP contribution is -1.96. The van der Waals surface area contributed by atoms with E-state index in [0.717, 1.165) is 10.6 Å². The van der Waals surface area contributed by atoms with Gasteiger partial charge < -0.3 is 5.11 Å². The van der Waals surface area contributed by atoms with E-state index in [0.29, 0.717) is 5.75 Å². The number of carboxylic acids is 1. The van der Waals surface area contributed by atoms with Crippen molar-refractivity contribution in [2.75, 3.05) is 0 Å². The summed E-state index contributed by atoms with van der Waals surface area (Å²) in [6, 6.07) is 9.44. The predicted molar refractivity (Wildman–Crippen MR) is 67.2 cm³/mol. The predicted octanol–water partition coefficient (Wildman–Crippen LogP) is 3.21. The first-order chi connectivity index (χ1) is 8.65. The Balaban J connectivity index is 1.97. The molecule has 1 N–H and O–H groups in total. The van der Waals surface area contributed by atoms with Crippen molar-refractivity contribution in [2.24, 2.45) is 0 Å². The van der Waals surface area contributed by atoms with Crippen LogP contribution in [0.5, 0.6) is 0 Å². The number of carboxylic acid groups (broad SMARTS) is 1. The second-order valence-electron chi connectivity index (χ2n) is 3.61. The molecule has 5 heteroatoms. The Labute approximate surface area is 108 Å². The number of benzene rings is 1. The van der Waals surface area contributed by atoms with Crippen LogP contribution >= 0.6 is 11.8 Å². The number of rotatable bonds is 4. The van der Waals surface area contributed by atoms with Crippen molar-refractivity contribution in [3.63, 3.8) is 0 Å². The van der Waals surface area contributed by atoms with Gasteiger partial charge >= 0.3 is 5.97 Å². The van der Waals surface area contributed by atoms with Crippen LogP contribution in [0.4, 0.5) is 4.39 Å². The third kappa shape index (κ3) is 3.30. The molecule has 0 saturated carbocycles. The van der Waals surface area contributed by atoms with Crippen LogP contribution in [0.2, 0.25) is 0 Å². The largest absolute Gasteiger partial charge is 0.478 e. The maximum absolute atomic E-state index is 12.7. The standard InChI is InChI=1S/C13H10FNO2S/c14-11-4-1-9(2-5-11)8-18-12-6-3-10(7-15-12)13(16)17/h1-7H,8H2,(H,16,17). The van der Waals surface area contributed by atoms with Gasteiger partial charge in [-0.05, 0) is 29.8 Å². The fourth-order valence-corrected chi connectivity index (χ4v) is 2.13. The Kier molecular flexibility index (Phi) is 3.94. The number of hydrogen-bond donors (Lipinski definition) is 1. The minimum absolute atomic E-state index is 0.168. The van der Waals surface area contributed by atoms with Crippen LogP contribution in [0.3, 0.4) is 0 Å². The zero-order valence-corrected chi connectivity index (χ0v) is 10.2. The average molecular weight is 263 g/mol. The number of hydrogen-bond acceptors (Lipinski definition) is 3. The molecule has 0 radical (unpaired) electrons. The summed E-state index contributed by atoms with van der Waals surface area (Å²) in [5.41, 5.74) is 1.16. The summed E-state index contributed by atoms with van der Waals surface area (Å²) in [6.45, 7) is 0. The molecule has 1 heterocycles. The lowest BCUT2D eigenvalue weighted by molar-refractivity contribution is 0.0696. The highest BCUT2D eigenvalue weighted by molar-refractivity contribution is 7.98. The number of pyridine rings is 1. The van der Waals surface area contributed by atoms with E-state index >= 15 is 0 Å². The van der Waals surface area contributed by atoms with Crippen LogP contribution in [-0.2, 0) is 5.75 Å². The van der Waals surface area contributed by atoms with Crippen LogP contribution in [0.1, 0.15) is 15.9 Å². The second kappa shape index (κ2) is 5.64. The molecule has 0 aliphatic heterocycles. The molecule has 1 aromatic heterocycles. The van der Waals surface area contributed by atoms with Crippen molar-refractivity contribution in [2.45, 2.75) is 10.8 Å². The second-order valence-corrected chi connectivity index (χ2v) is 4.60. The summed E-state index contributed by atoms with van der Waals surface area (Å²) < 4.78 is 12.7. The number of carbonyl (C=O) groups is 1. The van der Waals surface area contributed by atoms with Gasteiger partial charge in [0.1, 0.15) is 5.82 Å². The fourth-order valence-electron chi connectivity index (χ4n) is 1.33.